The summed E-state index contributed by atoms with van der Waals surface area (Å²) in [6.07, 6.45) is -0.123. The van der Waals surface area contributed by atoms with Gasteiger partial charge in [-0.2, -0.15) is 0 Å². The first-order valence-corrected chi connectivity index (χ1v) is 10.1. The number of benzene rings is 3. The normalized spacial score (nSPS) is 28.0. The van der Waals surface area contributed by atoms with Gasteiger partial charge in [0.15, 0.2) is 5.60 Å². The minimum Gasteiger partial charge on any atom is -0.378 e. The summed E-state index contributed by atoms with van der Waals surface area (Å²) < 4.78 is 0. The number of hydrogen-bond donors (Lipinski definition) is 1. The van der Waals surface area contributed by atoms with Gasteiger partial charge in [0.25, 0.3) is 6.04 Å². The van der Waals surface area contributed by atoms with E-state index in [2.05, 4.69) is 0 Å². The van der Waals surface area contributed by atoms with E-state index in [9.17, 15) is 25.3 Å². The maximum atomic E-state index is 12.4. The topological polar surface area (TPSA) is 107 Å². The highest BCUT2D eigenvalue weighted by molar-refractivity contribution is 5.36. The molecule has 0 saturated heterocycles. The van der Waals surface area contributed by atoms with Gasteiger partial charge in [-0.25, -0.2) is 0 Å². The van der Waals surface area contributed by atoms with Crippen LogP contribution in [0.5, 0.6) is 0 Å². The average Bonchev–Trinajstić information content (AvgIpc) is 2.79. The van der Waals surface area contributed by atoms with Crippen molar-refractivity contribution < 1.29 is 15.0 Å². The fraction of sp³-hybridized carbons (Fsp3) is 0.250. The molecule has 1 aliphatic carbocycles. The van der Waals surface area contributed by atoms with Crippen molar-refractivity contribution in [2.75, 3.05) is 0 Å². The Labute approximate surface area is 179 Å². The van der Waals surface area contributed by atoms with Crippen LogP contribution in [0.1, 0.15) is 34.9 Å². The van der Waals surface area contributed by atoms with E-state index in [-0.39, 0.29) is 6.42 Å². The van der Waals surface area contributed by atoms with Gasteiger partial charge >= 0.3 is 0 Å². The molecule has 4 rings (SSSR count). The molecule has 7 heteroatoms. The van der Waals surface area contributed by atoms with Crippen LogP contribution >= 0.6 is 0 Å². The van der Waals surface area contributed by atoms with Gasteiger partial charge in [-0.05, 0) is 16.7 Å². The van der Waals surface area contributed by atoms with E-state index in [1.165, 1.54) is 0 Å². The fourth-order valence-corrected chi connectivity index (χ4v) is 4.98. The Morgan fingerprint density at radius 1 is 0.742 bits per heavy atom. The quantitative estimate of drug-likeness (QED) is 0.495. The smallest absolute Gasteiger partial charge is 0.258 e. The molecule has 1 N–H and O–H groups in total. The third kappa shape index (κ3) is 3.68. The summed E-state index contributed by atoms with van der Waals surface area (Å²) in [5, 5.41) is 36.6. The monoisotopic (exact) mass is 418 g/mol. The average molecular weight is 418 g/mol. The van der Waals surface area contributed by atoms with Gasteiger partial charge in [-0.1, -0.05) is 91.0 Å². The third-order valence-corrected chi connectivity index (χ3v) is 6.30. The van der Waals surface area contributed by atoms with Gasteiger partial charge in [0.1, 0.15) is 5.92 Å². The van der Waals surface area contributed by atoms with E-state index in [1.807, 2.05) is 6.07 Å². The Kier molecular flexibility index (Phi) is 5.52. The molecule has 1 saturated carbocycles. The molecule has 158 valence electrons. The predicted octanol–water partition coefficient (Wildman–Crippen LogP) is 4.14. The Morgan fingerprint density at radius 3 is 1.71 bits per heavy atom. The van der Waals surface area contributed by atoms with Crippen LogP contribution in [0, 0.1) is 20.2 Å². The number of rotatable bonds is 5. The van der Waals surface area contributed by atoms with Gasteiger partial charge in [0, 0.05) is 16.3 Å². The standard InChI is InChI=1S/C24H22N2O5/c27-24(19-14-8-3-9-15-19)16-20(17-10-4-1-5-11-17)22(25(28)29)21(23(24)26(30)31)18-12-6-2-7-13-18/h1-15,20-23,27H,16H2/t20-,21+,22+,23-,24-/m1/s1. The molecule has 5 atom stereocenters. The minimum atomic E-state index is -1.88. The highest BCUT2D eigenvalue weighted by Crippen LogP contribution is 2.52. The second-order valence-corrected chi connectivity index (χ2v) is 7.95. The van der Waals surface area contributed by atoms with Crippen molar-refractivity contribution in [3.05, 3.63) is 128 Å². The van der Waals surface area contributed by atoms with Gasteiger partial charge < -0.3 is 5.11 Å². The molecule has 0 amide bonds. The molecule has 1 fully saturated rings. The van der Waals surface area contributed by atoms with E-state index < -0.39 is 39.4 Å². The molecule has 3 aromatic rings. The van der Waals surface area contributed by atoms with Crippen molar-refractivity contribution in [2.45, 2.75) is 35.9 Å². The summed E-state index contributed by atoms with van der Waals surface area (Å²) in [5.41, 5.74) is -0.333. The highest BCUT2D eigenvalue weighted by Gasteiger charge is 2.64. The van der Waals surface area contributed by atoms with Gasteiger partial charge in [-0.3, -0.25) is 20.2 Å². The highest BCUT2D eigenvalue weighted by atomic mass is 16.6. The molecule has 3 aromatic carbocycles. The van der Waals surface area contributed by atoms with Gasteiger partial charge in [0.05, 0.1) is 5.92 Å². The van der Waals surface area contributed by atoms with Gasteiger partial charge in [-0.15, -0.1) is 0 Å². The van der Waals surface area contributed by atoms with Crippen LogP contribution in [0.25, 0.3) is 0 Å². The maximum Gasteiger partial charge on any atom is 0.258 e. The lowest BCUT2D eigenvalue weighted by molar-refractivity contribution is -0.595. The Balaban J connectivity index is 1.98. The van der Waals surface area contributed by atoms with Crippen molar-refractivity contribution in [3.8, 4) is 0 Å². The number of aliphatic hydroxyl groups is 1. The second kappa shape index (κ2) is 8.28. The molecule has 0 unspecified atom stereocenters. The number of hydrogen-bond acceptors (Lipinski definition) is 5. The second-order valence-electron chi connectivity index (χ2n) is 7.95. The van der Waals surface area contributed by atoms with Crippen molar-refractivity contribution in [1.82, 2.24) is 0 Å². The Morgan fingerprint density at radius 2 is 1.23 bits per heavy atom. The van der Waals surface area contributed by atoms with Crippen molar-refractivity contribution in [1.29, 1.82) is 0 Å². The zero-order valence-corrected chi connectivity index (χ0v) is 16.7. The van der Waals surface area contributed by atoms with E-state index in [0.717, 1.165) is 0 Å². The Hall–Kier alpha value is -3.58. The summed E-state index contributed by atoms with van der Waals surface area (Å²) in [7, 11) is 0. The van der Waals surface area contributed by atoms with Crippen LogP contribution in [0.15, 0.2) is 91.0 Å². The van der Waals surface area contributed by atoms with Crippen molar-refractivity contribution in [3.63, 3.8) is 0 Å². The van der Waals surface area contributed by atoms with Gasteiger partial charge in [0.2, 0.25) is 6.04 Å². The molecule has 0 spiro atoms. The first kappa shape index (κ1) is 20.7. The lowest BCUT2D eigenvalue weighted by Crippen LogP contribution is -2.59. The Bertz CT molecular complexity index is 1060. The molecule has 0 bridgehead atoms. The summed E-state index contributed by atoms with van der Waals surface area (Å²) in [6, 6.07) is 23.1. The predicted molar refractivity (Wildman–Crippen MR) is 115 cm³/mol. The molecule has 7 nitrogen and oxygen atoms in total. The van der Waals surface area contributed by atoms with Crippen LogP contribution in [0.2, 0.25) is 0 Å². The summed E-state index contributed by atoms with van der Waals surface area (Å²) in [5.74, 6) is -1.82. The summed E-state index contributed by atoms with van der Waals surface area (Å²) >= 11 is 0. The van der Waals surface area contributed by atoms with Crippen LogP contribution in [-0.2, 0) is 5.60 Å². The molecular weight excluding hydrogens is 396 g/mol. The maximum absolute atomic E-state index is 12.4. The first-order chi connectivity index (χ1) is 14.9. The number of nitrogens with zero attached hydrogens (tertiary/aromatic N) is 2. The van der Waals surface area contributed by atoms with Crippen LogP contribution in [-0.4, -0.2) is 27.0 Å². The zero-order valence-electron chi connectivity index (χ0n) is 16.7. The molecule has 0 aliphatic heterocycles. The van der Waals surface area contributed by atoms with E-state index in [1.54, 1.807) is 84.9 Å². The molecule has 1 aliphatic rings. The van der Waals surface area contributed by atoms with E-state index >= 15 is 0 Å². The van der Waals surface area contributed by atoms with Crippen molar-refractivity contribution >= 4 is 0 Å². The van der Waals surface area contributed by atoms with E-state index in [0.29, 0.717) is 16.7 Å². The van der Waals surface area contributed by atoms with Crippen LogP contribution in [0.3, 0.4) is 0 Å². The van der Waals surface area contributed by atoms with Crippen LogP contribution < -0.4 is 0 Å². The first-order valence-electron chi connectivity index (χ1n) is 10.1. The third-order valence-electron chi connectivity index (χ3n) is 6.30. The summed E-state index contributed by atoms with van der Waals surface area (Å²) in [4.78, 5) is 23.7. The SMILES string of the molecule is O=[N+]([O-])[C@@H]1[C@H](c2ccccc2)[C@@H]([N+](=O)[O-])[C@](O)(c2ccccc2)C[C@@H]1c1ccccc1. The molecule has 0 radical (unpaired) electrons. The van der Waals surface area contributed by atoms with Crippen LogP contribution in [0.4, 0.5) is 0 Å². The molecular formula is C24H22N2O5. The molecule has 0 heterocycles. The van der Waals surface area contributed by atoms with Crippen molar-refractivity contribution in [2.24, 2.45) is 0 Å². The lowest BCUT2D eigenvalue weighted by Gasteiger charge is -2.44. The zero-order chi connectivity index (χ0) is 22.0. The van der Waals surface area contributed by atoms with E-state index in [4.69, 9.17) is 0 Å². The largest absolute Gasteiger partial charge is 0.378 e. The molecule has 0 aromatic heterocycles. The molecule has 31 heavy (non-hydrogen) atoms. The fourth-order valence-electron chi connectivity index (χ4n) is 4.98. The summed E-state index contributed by atoms with van der Waals surface area (Å²) in [6.45, 7) is 0. The lowest BCUT2D eigenvalue weighted by atomic mass is 9.60. The minimum absolute atomic E-state index is 0.123. The number of nitro groups is 2.